The Morgan fingerprint density at radius 2 is 1.83 bits per heavy atom. The summed E-state index contributed by atoms with van der Waals surface area (Å²) in [4.78, 5) is 13.6. The Kier molecular flexibility index (Phi) is 6.32. The molecule has 0 fully saturated rings. The molecule has 0 aliphatic rings. The van der Waals surface area contributed by atoms with Gasteiger partial charge in [-0.15, -0.1) is 12.6 Å². The fourth-order valence-electron chi connectivity index (χ4n) is 1.34. The number of rotatable bonds is 3. The van der Waals surface area contributed by atoms with Gasteiger partial charge < -0.3 is 6.53 Å². The minimum Gasteiger partial charge on any atom is -1.00 e. The molecule has 88 valence electrons. The zero-order valence-electron chi connectivity index (χ0n) is 10.8. The van der Waals surface area contributed by atoms with Gasteiger partial charge in [0.15, 0.2) is 0 Å². The molecule has 2 aromatic carbocycles. The number of hydrogen-bond acceptors (Lipinski definition) is 3. The molecule has 0 aliphatic carbocycles. The molecule has 2 aromatic rings. The molecular weight excluding hydrogens is 275 g/mol. The third-order valence-corrected chi connectivity index (χ3v) is 3.78. The van der Waals surface area contributed by atoms with Crippen LogP contribution >= 0.6 is 24.4 Å². The predicted octanol–water partition coefficient (Wildman–Crippen LogP) is 0.941. The summed E-state index contributed by atoms with van der Waals surface area (Å²) in [5.74, 6) is -0.923. The molecule has 18 heavy (non-hydrogen) atoms. The van der Waals surface area contributed by atoms with Crippen molar-refractivity contribution in [1.82, 2.24) is 0 Å². The number of benzene rings is 2. The van der Waals surface area contributed by atoms with E-state index < -0.39 is 5.97 Å². The van der Waals surface area contributed by atoms with Crippen LogP contribution in [0.1, 0.15) is 11.8 Å². The van der Waals surface area contributed by atoms with Gasteiger partial charge in [-0.2, -0.15) is 0 Å². The van der Waals surface area contributed by atoms with Gasteiger partial charge in [0.2, 0.25) is 0 Å². The third kappa shape index (κ3) is 4.07. The van der Waals surface area contributed by atoms with Crippen molar-refractivity contribution in [2.45, 2.75) is 14.7 Å². The van der Waals surface area contributed by atoms with Crippen LogP contribution in [0.5, 0.6) is 0 Å². The summed E-state index contributed by atoms with van der Waals surface area (Å²) >= 11 is 5.84. The molecule has 0 unspecified atom stereocenters. The second-order valence-electron chi connectivity index (χ2n) is 3.40. The Morgan fingerprint density at radius 1 is 1.17 bits per heavy atom. The second kappa shape index (κ2) is 7.26. The largest absolute Gasteiger partial charge is 1.00 e. The van der Waals surface area contributed by atoms with Crippen molar-refractivity contribution in [3.63, 3.8) is 0 Å². The first kappa shape index (κ1) is 15.7. The second-order valence-corrected chi connectivity index (χ2v) is 5.00. The number of hydrogen-bond donors (Lipinski definition) is 2. The van der Waals surface area contributed by atoms with Crippen molar-refractivity contribution in [3.8, 4) is 0 Å². The molecule has 0 amide bonds. The van der Waals surface area contributed by atoms with E-state index in [1.54, 1.807) is 18.2 Å². The van der Waals surface area contributed by atoms with E-state index in [1.165, 1.54) is 11.8 Å². The van der Waals surface area contributed by atoms with Gasteiger partial charge in [0, 0.05) is 14.7 Å². The van der Waals surface area contributed by atoms with Gasteiger partial charge in [0.1, 0.15) is 0 Å². The smallest absolute Gasteiger partial charge is 1.00 e. The Morgan fingerprint density at radius 3 is 2.44 bits per heavy atom. The van der Waals surface area contributed by atoms with E-state index in [0.717, 1.165) is 14.7 Å². The van der Waals surface area contributed by atoms with Crippen LogP contribution in [0, 0.1) is 0 Å². The van der Waals surface area contributed by atoms with Crippen molar-refractivity contribution in [3.05, 3.63) is 54.1 Å². The summed E-state index contributed by atoms with van der Waals surface area (Å²) in [6.45, 7) is 0. The standard InChI is InChI=1S/C13H10O2S2.Na.H/c14-13(15)9-6-7-11(16)12(8-9)17-10-4-2-1-3-5-10;;/h1-8,16H,(H,14,15);;/q;+1;-1. The van der Waals surface area contributed by atoms with E-state index in [1.807, 2.05) is 30.3 Å². The molecule has 0 saturated carbocycles. The molecule has 0 spiro atoms. The van der Waals surface area contributed by atoms with Gasteiger partial charge in [-0.1, -0.05) is 30.0 Å². The normalized spacial score (nSPS) is 9.61. The van der Waals surface area contributed by atoms with E-state index in [0.29, 0.717) is 0 Å². The number of carboxylic acids is 1. The van der Waals surface area contributed by atoms with E-state index in [2.05, 4.69) is 12.6 Å². The zero-order chi connectivity index (χ0) is 12.3. The number of thiol groups is 1. The van der Waals surface area contributed by atoms with Gasteiger partial charge >= 0.3 is 35.5 Å². The molecular formula is C13H11NaO2S2. The van der Waals surface area contributed by atoms with Crippen LogP contribution in [-0.4, -0.2) is 11.1 Å². The quantitative estimate of drug-likeness (QED) is 0.651. The summed E-state index contributed by atoms with van der Waals surface area (Å²) < 4.78 is 0. The molecule has 0 bridgehead atoms. The van der Waals surface area contributed by atoms with Crippen LogP contribution in [0.4, 0.5) is 0 Å². The van der Waals surface area contributed by atoms with E-state index in [4.69, 9.17) is 5.11 Å². The maximum atomic E-state index is 10.9. The van der Waals surface area contributed by atoms with E-state index in [-0.39, 0.29) is 36.5 Å². The summed E-state index contributed by atoms with van der Waals surface area (Å²) in [6.07, 6.45) is 0. The molecule has 2 rings (SSSR count). The fraction of sp³-hybridized carbons (Fsp3) is 0. The first-order chi connectivity index (χ1) is 8.16. The fourth-order valence-corrected chi connectivity index (χ4v) is 2.53. The molecule has 0 aromatic heterocycles. The van der Waals surface area contributed by atoms with Crippen molar-refractivity contribution < 1.29 is 40.9 Å². The minimum absolute atomic E-state index is 0. The Bertz CT molecular complexity index is 550. The number of carboxylic acid groups (broad SMARTS) is 1. The van der Waals surface area contributed by atoms with Crippen molar-refractivity contribution in [1.29, 1.82) is 0 Å². The Balaban J connectivity index is 0.00000162. The topological polar surface area (TPSA) is 37.3 Å². The third-order valence-electron chi connectivity index (χ3n) is 2.18. The van der Waals surface area contributed by atoms with Gasteiger partial charge in [0.25, 0.3) is 0 Å². The maximum Gasteiger partial charge on any atom is 1.00 e. The van der Waals surface area contributed by atoms with Crippen LogP contribution in [0.3, 0.4) is 0 Å². The summed E-state index contributed by atoms with van der Waals surface area (Å²) in [5, 5.41) is 8.93. The average Bonchev–Trinajstić information content (AvgIpc) is 2.33. The van der Waals surface area contributed by atoms with Crippen LogP contribution in [0.15, 0.2) is 63.2 Å². The minimum atomic E-state index is -0.923. The van der Waals surface area contributed by atoms with Crippen LogP contribution in [0.25, 0.3) is 0 Å². The van der Waals surface area contributed by atoms with Crippen molar-refractivity contribution in [2.24, 2.45) is 0 Å². The molecule has 0 radical (unpaired) electrons. The number of carbonyl (C=O) groups is 1. The first-order valence-electron chi connectivity index (χ1n) is 4.96. The Hall–Kier alpha value is -0.390. The Labute approximate surface area is 139 Å². The van der Waals surface area contributed by atoms with Crippen molar-refractivity contribution in [2.75, 3.05) is 0 Å². The molecule has 2 nitrogen and oxygen atoms in total. The summed E-state index contributed by atoms with van der Waals surface area (Å²) in [6, 6.07) is 14.7. The van der Waals surface area contributed by atoms with Crippen LogP contribution in [-0.2, 0) is 0 Å². The molecule has 0 aliphatic heterocycles. The molecule has 0 atom stereocenters. The maximum absolute atomic E-state index is 10.9. The zero-order valence-corrected chi connectivity index (χ0v) is 13.5. The van der Waals surface area contributed by atoms with Gasteiger partial charge in [-0.25, -0.2) is 4.79 Å². The summed E-state index contributed by atoms with van der Waals surface area (Å²) in [5.41, 5.74) is 0.279. The van der Waals surface area contributed by atoms with Gasteiger partial charge in [0.05, 0.1) is 5.56 Å². The van der Waals surface area contributed by atoms with Crippen molar-refractivity contribution >= 4 is 30.4 Å². The predicted molar refractivity (Wildman–Crippen MR) is 72.3 cm³/mol. The molecule has 0 heterocycles. The number of aromatic carboxylic acids is 1. The van der Waals surface area contributed by atoms with E-state index >= 15 is 0 Å². The van der Waals surface area contributed by atoms with Crippen LogP contribution < -0.4 is 29.6 Å². The summed E-state index contributed by atoms with van der Waals surface area (Å²) in [7, 11) is 0. The first-order valence-corrected chi connectivity index (χ1v) is 6.22. The molecule has 5 heteroatoms. The van der Waals surface area contributed by atoms with E-state index in [9.17, 15) is 4.79 Å². The van der Waals surface area contributed by atoms with Crippen LogP contribution in [0.2, 0.25) is 0 Å². The SMILES string of the molecule is O=C(O)c1ccc(S)c(Sc2ccccc2)c1.[H-].[Na+]. The monoisotopic (exact) mass is 286 g/mol. The molecule has 0 saturated heterocycles. The average molecular weight is 286 g/mol. The van der Waals surface area contributed by atoms with Gasteiger partial charge in [-0.05, 0) is 30.3 Å². The molecule has 1 N–H and O–H groups in total. The van der Waals surface area contributed by atoms with Gasteiger partial charge in [-0.3, -0.25) is 0 Å².